The van der Waals surface area contributed by atoms with Crippen LogP contribution in [0, 0.1) is 0 Å². The number of hydrogen-bond acceptors (Lipinski definition) is 5. The normalized spacial score (nSPS) is 15.4. The highest BCUT2D eigenvalue weighted by molar-refractivity contribution is 5.89. The van der Waals surface area contributed by atoms with Gasteiger partial charge in [-0.2, -0.15) is 0 Å². The molecule has 0 aliphatic carbocycles. The third-order valence-electron chi connectivity index (χ3n) is 5.26. The molecule has 0 aromatic heterocycles. The maximum absolute atomic E-state index is 11.2. The maximum atomic E-state index is 11.2. The fraction of sp³-hybridized carbons (Fsp3) is 0.222. The van der Waals surface area contributed by atoms with Crippen LogP contribution in [0.5, 0.6) is 11.5 Å². The second-order valence-electron chi connectivity index (χ2n) is 7.70. The first-order chi connectivity index (χ1) is 16.1. The molecule has 3 aromatic carbocycles. The summed E-state index contributed by atoms with van der Waals surface area (Å²) in [6, 6.07) is 25.7. The predicted molar refractivity (Wildman–Crippen MR) is 128 cm³/mol. The average Bonchev–Trinajstić information content (AvgIpc) is 2.84. The van der Waals surface area contributed by atoms with E-state index in [1.165, 1.54) is 11.6 Å². The molecular formula is C27H27NO5. The first-order valence-corrected chi connectivity index (χ1v) is 11.0. The number of rotatable bonds is 9. The second-order valence-corrected chi connectivity index (χ2v) is 7.70. The molecule has 0 radical (unpaired) electrons. The van der Waals surface area contributed by atoms with Gasteiger partial charge in [0.15, 0.2) is 6.10 Å². The van der Waals surface area contributed by atoms with Gasteiger partial charge < -0.3 is 24.2 Å². The van der Waals surface area contributed by atoms with Crippen molar-refractivity contribution in [1.29, 1.82) is 0 Å². The molecule has 0 fully saturated rings. The topological polar surface area (TPSA) is 68.2 Å². The fourth-order valence-corrected chi connectivity index (χ4v) is 3.74. The Labute approximate surface area is 193 Å². The minimum atomic E-state index is -1.09. The molecule has 4 rings (SSSR count). The summed E-state index contributed by atoms with van der Waals surface area (Å²) in [5, 5.41) is 9.20. The van der Waals surface area contributed by atoms with Crippen LogP contribution in [-0.4, -0.2) is 36.9 Å². The number of benzene rings is 3. The summed E-state index contributed by atoms with van der Waals surface area (Å²) in [6.45, 7) is 3.95. The van der Waals surface area contributed by atoms with Gasteiger partial charge in [0.2, 0.25) is 5.76 Å². The van der Waals surface area contributed by atoms with E-state index in [0.717, 1.165) is 23.5 Å². The van der Waals surface area contributed by atoms with Gasteiger partial charge in [-0.3, -0.25) is 0 Å². The summed E-state index contributed by atoms with van der Waals surface area (Å²) >= 11 is 0. The monoisotopic (exact) mass is 445 g/mol. The Bertz CT molecular complexity index is 1100. The number of fused-ring (bicyclic) bond motifs is 1. The lowest BCUT2D eigenvalue weighted by Crippen LogP contribution is -2.42. The standard InChI is InChI=1S/C27H27NO5/c1-2-31-26(27(29)30)16-20-12-14-22(15-13-20)32-19-23-18-28(17-21-8-4-3-5-9-21)24-10-6-7-11-25(24)33-23/h3-16,23H,2,17-19H2,1H3,(H,29,30)/b26-16-. The number of aliphatic carboxylic acids is 1. The van der Waals surface area contributed by atoms with Crippen molar-refractivity contribution in [2.45, 2.75) is 19.6 Å². The van der Waals surface area contributed by atoms with Crippen molar-refractivity contribution in [2.75, 3.05) is 24.7 Å². The predicted octanol–water partition coefficient (Wildman–Crippen LogP) is 5.00. The van der Waals surface area contributed by atoms with Crippen molar-refractivity contribution in [1.82, 2.24) is 0 Å². The summed E-state index contributed by atoms with van der Waals surface area (Å²) in [5.74, 6) is 0.370. The van der Waals surface area contributed by atoms with Crippen LogP contribution in [0.25, 0.3) is 6.08 Å². The van der Waals surface area contributed by atoms with Crippen molar-refractivity contribution >= 4 is 17.7 Å². The number of nitrogens with zero attached hydrogens (tertiary/aromatic N) is 1. The number of para-hydroxylation sites is 2. The van der Waals surface area contributed by atoms with Gasteiger partial charge in [-0.25, -0.2) is 4.79 Å². The van der Waals surface area contributed by atoms with Crippen molar-refractivity contribution in [3.8, 4) is 11.5 Å². The molecule has 1 aliphatic heterocycles. The molecule has 6 nitrogen and oxygen atoms in total. The molecule has 1 N–H and O–H groups in total. The summed E-state index contributed by atoms with van der Waals surface area (Å²) in [5.41, 5.74) is 3.05. The molecule has 6 heteroatoms. The van der Waals surface area contributed by atoms with Crippen LogP contribution in [-0.2, 0) is 16.1 Å². The maximum Gasteiger partial charge on any atom is 0.371 e. The van der Waals surface area contributed by atoms with E-state index in [9.17, 15) is 9.90 Å². The van der Waals surface area contributed by atoms with Gasteiger partial charge in [-0.05, 0) is 48.4 Å². The zero-order valence-electron chi connectivity index (χ0n) is 18.5. The zero-order chi connectivity index (χ0) is 23.0. The van der Waals surface area contributed by atoms with Crippen LogP contribution < -0.4 is 14.4 Å². The van der Waals surface area contributed by atoms with Gasteiger partial charge in [-0.15, -0.1) is 0 Å². The van der Waals surface area contributed by atoms with Crippen LogP contribution in [0.1, 0.15) is 18.1 Å². The summed E-state index contributed by atoms with van der Waals surface area (Å²) in [6.07, 6.45) is 1.37. The minimum absolute atomic E-state index is 0.0843. The number of anilines is 1. The lowest BCUT2D eigenvalue weighted by molar-refractivity contribution is -0.136. The molecule has 1 unspecified atom stereocenters. The summed E-state index contributed by atoms with van der Waals surface area (Å²) < 4.78 is 17.3. The lowest BCUT2D eigenvalue weighted by Gasteiger charge is -2.36. The highest BCUT2D eigenvalue weighted by Crippen LogP contribution is 2.34. The minimum Gasteiger partial charge on any atom is -0.490 e. The number of carboxylic acids is 1. The Hall–Kier alpha value is -3.93. The van der Waals surface area contributed by atoms with E-state index in [1.54, 1.807) is 19.1 Å². The summed E-state index contributed by atoms with van der Waals surface area (Å²) in [4.78, 5) is 13.5. The smallest absolute Gasteiger partial charge is 0.371 e. The molecular weight excluding hydrogens is 418 g/mol. The van der Waals surface area contributed by atoms with Crippen molar-refractivity contribution < 1.29 is 24.1 Å². The molecule has 3 aromatic rings. The highest BCUT2D eigenvalue weighted by atomic mass is 16.5. The van der Waals surface area contributed by atoms with Crippen LogP contribution in [0.2, 0.25) is 0 Å². The molecule has 0 saturated carbocycles. The van der Waals surface area contributed by atoms with Gasteiger partial charge >= 0.3 is 5.97 Å². The molecule has 1 atom stereocenters. The Kier molecular flexibility index (Phi) is 7.15. The Balaban J connectivity index is 1.41. The van der Waals surface area contributed by atoms with Crippen LogP contribution in [0.4, 0.5) is 5.69 Å². The van der Waals surface area contributed by atoms with E-state index in [2.05, 4.69) is 35.2 Å². The van der Waals surface area contributed by atoms with Crippen LogP contribution in [0.15, 0.2) is 84.6 Å². The van der Waals surface area contributed by atoms with Crippen molar-refractivity contribution in [3.05, 3.63) is 95.7 Å². The van der Waals surface area contributed by atoms with Crippen molar-refractivity contribution in [2.24, 2.45) is 0 Å². The molecule has 0 amide bonds. The van der Waals surface area contributed by atoms with E-state index in [-0.39, 0.29) is 11.9 Å². The van der Waals surface area contributed by atoms with E-state index in [4.69, 9.17) is 14.2 Å². The number of hydrogen-bond donors (Lipinski definition) is 1. The first kappa shape index (κ1) is 22.3. The molecule has 1 aliphatic rings. The second kappa shape index (κ2) is 10.6. The van der Waals surface area contributed by atoms with Gasteiger partial charge in [-0.1, -0.05) is 54.6 Å². The lowest BCUT2D eigenvalue weighted by atomic mass is 10.1. The molecule has 1 heterocycles. The number of carboxylic acid groups (broad SMARTS) is 1. The number of ether oxygens (including phenoxy) is 3. The zero-order valence-corrected chi connectivity index (χ0v) is 18.5. The first-order valence-electron chi connectivity index (χ1n) is 11.0. The van der Waals surface area contributed by atoms with Gasteiger partial charge in [0.05, 0.1) is 18.8 Å². The Morgan fingerprint density at radius 2 is 1.79 bits per heavy atom. The fourth-order valence-electron chi connectivity index (χ4n) is 3.74. The average molecular weight is 446 g/mol. The molecule has 0 saturated heterocycles. The van der Waals surface area contributed by atoms with E-state index in [0.29, 0.717) is 25.5 Å². The largest absolute Gasteiger partial charge is 0.490 e. The summed E-state index contributed by atoms with van der Waals surface area (Å²) in [7, 11) is 0. The molecule has 33 heavy (non-hydrogen) atoms. The number of carbonyl (C=O) groups is 1. The molecule has 170 valence electrons. The van der Waals surface area contributed by atoms with E-state index >= 15 is 0 Å². The highest BCUT2D eigenvalue weighted by Gasteiger charge is 2.26. The Morgan fingerprint density at radius 1 is 1.06 bits per heavy atom. The van der Waals surface area contributed by atoms with E-state index in [1.807, 2.05) is 36.4 Å². The molecule has 0 spiro atoms. The van der Waals surface area contributed by atoms with Crippen LogP contribution >= 0.6 is 0 Å². The Morgan fingerprint density at radius 3 is 2.52 bits per heavy atom. The SMILES string of the molecule is CCO/C(=C\c1ccc(OCC2CN(Cc3ccccc3)c3ccccc3O2)cc1)C(=O)O. The quantitative estimate of drug-likeness (QED) is 0.370. The molecule has 0 bridgehead atoms. The van der Waals surface area contributed by atoms with Gasteiger partial charge in [0.1, 0.15) is 18.1 Å². The van der Waals surface area contributed by atoms with Gasteiger partial charge in [0, 0.05) is 6.54 Å². The van der Waals surface area contributed by atoms with Crippen molar-refractivity contribution in [3.63, 3.8) is 0 Å². The van der Waals surface area contributed by atoms with Crippen LogP contribution in [0.3, 0.4) is 0 Å². The van der Waals surface area contributed by atoms with E-state index < -0.39 is 5.97 Å². The third kappa shape index (κ3) is 5.86. The third-order valence-corrected chi connectivity index (χ3v) is 5.26. The van der Waals surface area contributed by atoms with Gasteiger partial charge in [0.25, 0.3) is 0 Å².